The van der Waals surface area contributed by atoms with Crippen LogP contribution in [-0.2, 0) is 4.79 Å². The lowest BCUT2D eigenvalue weighted by Crippen LogP contribution is -2.26. The van der Waals surface area contributed by atoms with Crippen LogP contribution in [0.5, 0.6) is 0 Å². The van der Waals surface area contributed by atoms with Gasteiger partial charge in [0.05, 0.1) is 17.4 Å². The molecule has 2 atom stereocenters. The van der Waals surface area contributed by atoms with Crippen LogP contribution in [0.15, 0.2) is 83.4 Å². The van der Waals surface area contributed by atoms with Crippen LogP contribution >= 0.6 is 11.3 Å². The fourth-order valence-corrected chi connectivity index (χ4v) is 4.91. The molecule has 0 saturated carbocycles. The molecule has 1 aliphatic carbocycles. The van der Waals surface area contributed by atoms with Gasteiger partial charge >= 0.3 is 0 Å². The monoisotopic (exact) mass is 372 g/mol. The summed E-state index contributed by atoms with van der Waals surface area (Å²) in [5.41, 5.74) is 5.24. The molecule has 3 nitrogen and oxygen atoms in total. The van der Waals surface area contributed by atoms with E-state index >= 15 is 0 Å². The Hall–Kier alpha value is -2.85. The van der Waals surface area contributed by atoms with Gasteiger partial charge in [0.1, 0.15) is 0 Å². The minimum atomic E-state index is -0.0969. The van der Waals surface area contributed by atoms with Crippen molar-refractivity contribution >= 4 is 28.5 Å². The van der Waals surface area contributed by atoms with Gasteiger partial charge < -0.3 is 10.6 Å². The molecular formula is C23H20N2OS. The highest BCUT2D eigenvalue weighted by molar-refractivity contribution is 7.10. The molecule has 27 heavy (non-hydrogen) atoms. The second kappa shape index (κ2) is 6.71. The van der Waals surface area contributed by atoms with E-state index in [4.69, 9.17) is 0 Å². The number of thiophene rings is 1. The van der Waals surface area contributed by atoms with Crippen LogP contribution < -0.4 is 10.6 Å². The Kier molecular flexibility index (Phi) is 4.06. The van der Waals surface area contributed by atoms with E-state index in [1.54, 1.807) is 11.3 Å². The minimum absolute atomic E-state index is 0.0969. The molecule has 4 heteroatoms. The first-order valence-corrected chi connectivity index (χ1v) is 10.1. The molecule has 134 valence electrons. The number of para-hydroxylation sites is 2. The van der Waals surface area contributed by atoms with E-state index in [2.05, 4.69) is 58.5 Å². The number of carbonyl (C=O) groups is 1. The fourth-order valence-electron chi connectivity index (χ4n) is 4.12. The summed E-state index contributed by atoms with van der Waals surface area (Å²) in [5.74, 6) is 0.454. The molecule has 5 rings (SSSR count). The maximum absolute atomic E-state index is 13.3. The van der Waals surface area contributed by atoms with Crippen LogP contribution in [0, 0.1) is 0 Å². The summed E-state index contributed by atoms with van der Waals surface area (Å²) < 4.78 is 0. The van der Waals surface area contributed by atoms with Crippen molar-refractivity contribution in [3.8, 4) is 0 Å². The molecule has 0 radical (unpaired) electrons. The number of carbonyl (C=O) groups excluding carboxylic acids is 1. The van der Waals surface area contributed by atoms with Crippen LogP contribution in [0.4, 0.5) is 11.4 Å². The third kappa shape index (κ3) is 2.96. The Morgan fingerprint density at radius 2 is 1.63 bits per heavy atom. The van der Waals surface area contributed by atoms with Crippen LogP contribution in [-0.4, -0.2) is 5.78 Å². The Morgan fingerprint density at radius 1 is 0.852 bits per heavy atom. The number of allylic oxidation sites excluding steroid dienone is 1. The van der Waals surface area contributed by atoms with E-state index in [9.17, 15) is 4.79 Å². The first kappa shape index (κ1) is 16.3. The standard InChI is InChI=1S/C23H20N2OS/c26-20-14-16(15-7-2-1-3-8-15)13-19-22(20)23(21-11-6-12-27-21)25-18-10-5-4-9-17(18)24-19/h1-12,16,23-25H,13-14H2/t16-,23-/m1/s1. The van der Waals surface area contributed by atoms with E-state index in [1.807, 2.05) is 24.3 Å². The summed E-state index contributed by atoms with van der Waals surface area (Å²) in [5, 5.41) is 9.27. The Bertz CT molecular complexity index is 1010. The average molecular weight is 372 g/mol. The number of fused-ring (bicyclic) bond motifs is 1. The number of anilines is 2. The third-order valence-electron chi connectivity index (χ3n) is 5.41. The molecule has 0 unspecified atom stereocenters. The second-order valence-corrected chi connectivity index (χ2v) is 8.07. The molecule has 0 spiro atoms. The summed E-state index contributed by atoms with van der Waals surface area (Å²) in [4.78, 5) is 14.5. The summed E-state index contributed by atoms with van der Waals surface area (Å²) in [6.45, 7) is 0. The van der Waals surface area contributed by atoms with Gasteiger partial charge in [0.25, 0.3) is 0 Å². The highest BCUT2D eigenvalue weighted by Crippen LogP contribution is 2.44. The summed E-state index contributed by atoms with van der Waals surface area (Å²) in [6.07, 6.45) is 1.41. The van der Waals surface area contributed by atoms with E-state index < -0.39 is 0 Å². The highest BCUT2D eigenvalue weighted by Gasteiger charge is 2.36. The molecule has 1 aromatic heterocycles. The molecule has 3 aromatic rings. The fraction of sp³-hybridized carbons (Fsp3) is 0.174. The van der Waals surface area contributed by atoms with Gasteiger partial charge in [-0.2, -0.15) is 0 Å². The van der Waals surface area contributed by atoms with E-state index in [0.717, 1.165) is 29.1 Å². The van der Waals surface area contributed by atoms with Gasteiger partial charge in [0, 0.05) is 22.6 Å². The van der Waals surface area contributed by atoms with Gasteiger partial charge in [-0.15, -0.1) is 11.3 Å². The number of rotatable bonds is 2. The first-order valence-electron chi connectivity index (χ1n) is 9.27. The van der Waals surface area contributed by atoms with Gasteiger partial charge in [0.15, 0.2) is 5.78 Å². The van der Waals surface area contributed by atoms with Crippen molar-refractivity contribution in [1.82, 2.24) is 0 Å². The smallest absolute Gasteiger partial charge is 0.163 e. The Labute approximate surface area is 162 Å². The number of hydrogen-bond donors (Lipinski definition) is 2. The van der Waals surface area contributed by atoms with E-state index in [0.29, 0.717) is 6.42 Å². The lowest BCUT2D eigenvalue weighted by Gasteiger charge is -2.29. The molecule has 0 bridgehead atoms. The van der Waals surface area contributed by atoms with Crippen LogP contribution in [0.1, 0.15) is 35.2 Å². The molecule has 2 heterocycles. The normalized spacial score (nSPS) is 21.6. The molecule has 0 fully saturated rings. The molecule has 2 aromatic carbocycles. The van der Waals surface area contributed by atoms with Gasteiger partial charge in [0.2, 0.25) is 0 Å². The lowest BCUT2D eigenvalue weighted by atomic mass is 9.79. The van der Waals surface area contributed by atoms with Crippen molar-refractivity contribution in [2.75, 3.05) is 10.6 Å². The van der Waals surface area contributed by atoms with Crippen molar-refractivity contribution in [3.05, 3.63) is 93.8 Å². The molecule has 2 N–H and O–H groups in total. The summed E-state index contributed by atoms with van der Waals surface area (Å²) in [6, 6.07) is 22.6. The number of Topliss-reactive ketones (excluding diaryl/α,β-unsaturated/α-hetero) is 1. The van der Waals surface area contributed by atoms with Crippen molar-refractivity contribution in [1.29, 1.82) is 0 Å². The predicted molar refractivity (Wildman–Crippen MR) is 111 cm³/mol. The zero-order valence-corrected chi connectivity index (χ0v) is 15.6. The topological polar surface area (TPSA) is 41.1 Å². The van der Waals surface area contributed by atoms with Gasteiger partial charge in [-0.05, 0) is 41.5 Å². The quantitative estimate of drug-likeness (QED) is 0.604. The molecular weight excluding hydrogens is 352 g/mol. The Balaban J connectivity index is 1.61. The minimum Gasteiger partial charge on any atom is -0.372 e. The number of hydrogen-bond acceptors (Lipinski definition) is 4. The van der Waals surface area contributed by atoms with E-state index in [1.165, 1.54) is 10.4 Å². The predicted octanol–water partition coefficient (Wildman–Crippen LogP) is 5.73. The van der Waals surface area contributed by atoms with Crippen LogP contribution in [0.3, 0.4) is 0 Å². The van der Waals surface area contributed by atoms with Crippen molar-refractivity contribution in [3.63, 3.8) is 0 Å². The van der Waals surface area contributed by atoms with Crippen molar-refractivity contribution < 1.29 is 4.79 Å². The first-order chi connectivity index (χ1) is 13.3. The average Bonchev–Trinajstić information content (AvgIpc) is 3.17. The van der Waals surface area contributed by atoms with E-state index in [-0.39, 0.29) is 17.7 Å². The molecule has 0 saturated heterocycles. The molecule has 2 aliphatic rings. The number of ketones is 1. The molecule has 1 aliphatic heterocycles. The van der Waals surface area contributed by atoms with Crippen molar-refractivity contribution in [2.24, 2.45) is 0 Å². The largest absolute Gasteiger partial charge is 0.372 e. The number of nitrogens with one attached hydrogen (secondary N) is 2. The third-order valence-corrected chi connectivity index (χ3v) is 6.34. The van der Waals surface area contributed by atoms with Crippen LogP contribution in [0.25, 0.3) is 0 Å². The second-order valence-electron chi connectivity index (χ2n) is 7.09. The van der Waals surface area contributed by atoms with Gasteiger partial charge in [-0.1, -0.05) is 48.5 Å². The maximum Gasteiger partial charge on any atom is 0.163 e. The van der Waals surface area contributed by atoms with Gasteiger partial charge in [-0.25, -0.2) is 0 Å². The maximum atomic E-state index is 13.3. The Morgan fingerprint density at radius 3 is 2.41 bits per heavy atom. The lowest BCUT2D eigenvalue weighted by molar-refractivity contribution is -0.116. The highest BCUT2D eigenvalue weighted by atomic mass is 32.1. The summed E-state index contributed by atoms with van der Waals surface area (Å²) in [7, 11) is 0. The zero-order chi connectivity index (χ0) is 18.2. The van der Waals surface area contributed by atoms with Gasteiger partial charge in [-0.3, -0.25) is 4.79 Å². The molecule has 0 amide bonds. The summed E-state index contributed by atoms with van der Waals surface area (Å²) >= 11 is 1.69. The SMILES string of the molecule is O=C1C[C@H](c2ccccc2)CC2=C1[C@@H](c1cccs1)Nc1ccccc1N2. The van der Waals surface area contributed by atoms with Crippen molar-refractivity contribution in [2.45, 2.75) is 24.8 Å². The van der Waals surface area contributed by atoms with Crippen LogP contribution in [0.2, 0.25) is 0 Å². The number of benzene rings is 2. The zero-order valence-electron chi connectivity index (χ0n) is 14.8.